The smallest absolute Gasteiger partial charge is 0.164 e. The van der Waals surface area contributed by atoms with E-state index in [-0.39, 0.29) is 0 Å². The quantitative estimate of drug-likeness (QED) is 0.598. The molecule has 0 spiro atoms. The van der Waals surface area contributed by atoms with E-state index >= 15 is 0 Å². The molecule has 0 amide bonds. The molecule has 2 aromatic heterocycles. The van der Waals surface area contributed by atoms with Crippen molar-refractivity contribution in [1.82, 2.24) is 19.7 Å². The van der Waals surface area contributed by atoms with Crippen LogP contribution >= 0.6 is 34.2 Å². The largest absolute Gasteiger partial charge is 0.272 e. The van der Waals surface area contributed by atoms with Crippen molar-refractivity contribution >= 4 is 34.2 Å². The summed E-state index contributed by atoms with van der Waals surface area (Å²) in [5.74, 6) is 1.25. The molecule has 3 rings (SSSR count). The Kier molecular flexibility index (Phi) is 3.05. The molecule has 0 N–H and O–H groups in total. The molecular weight excluding hydrogens is 363 g/mol. The first-order valence-corrected chi connectivity index (χ1v) is 7.25. The minimum atomic E-state index is 0.547. The monoisotopic (exact) mass is 374 g/mol. The van der Waals surface area contributed by atoms with Crippen molar-refractivity contribution in [3.05, 3.63) is 26.3 Å². The van der Waals surface area contributed by atoms with Crippen LogP contribution in [0.4, 0.5) is 0 Å². The SMILES string of the molecule is Cc1c(-c2nc(Cl)c(I)c(C3CC3)n2)cnn1C. The normalized spacial score (nSPS) is 15.1. The maximum Gasteiger partial charge on any atom is 0.164 e. The number of aromatic nitrogens is 4. The molecule has 18 heavy (non-hydrogen) atoms. The molecule has 0 radical (unpaired) electrons. The Morgan fingerprint density at radius 1 is 1.39 bits per heavy atom. The summed E-state index contributed by atoms with van der Waals surface area (Å²) in [5, 5.41) is 4.77. The van der Waals surface area contributed by atoms with E-state index in [0.29, 0.717) is 16.9 Å². The minimum absolute atomic E-state index is 0.547. The van der Waals surface area contributed by atoms with Crippen LogP contribution in [0.5, 0.6) is 0 Å². The minimum Gasteiger partial charge on any atom is -0.272 e. The first kappa shape index (κ1) is 12.3. The molecule has 0 bridgehead atoms. The predicted molar refractivity (Wildman–Crippen MR) is 78.7 cm³/mol. The second kappa shape index (κ2) is 4.45. The Labute approximate surface area is 124 Å². The van der Waals surface area contributed by atoms with Gasteiger partial charge in [-0.2, -0.15) is 5.10 Å². The van der Waals surface area contributed by atoms with Crippen molar-refractivity contribution in [2.75, 3.05) is 0 Å². The van der Waals surface area contributed by atoms with E-state index < -0.39 is 0 Å². The van der Waals surface area contributed by atoms with Gasteiger partial charge < -0.3 is 0 Å². The molecular formula is C12H12ClIN4. The molecule has 2 heterocycles. The van der Waals surface area contributed by atoms with Crippen LogP contribution in [0.15, 0.2) is 6.20 Å². The molecule has 0 saturated heterocycles. The van der Waals surface area contributed by atoms with E-state index in [1.165, 1.54) is 12.8 Å². The summed E-state index contributed by atoms with van der Waals surface area (Å²) >= 11 is 8.45. The van der Waals surface area contributed by atoms with Gasteiger partial charge in [0, 0.05) is 18.7 Å². The molecule has 2 aromatic rings. The number of halogens is 2. The summed E-state index contributed by atoms with van der Waals surface area (Å²) in [6, 6.07) is 0. The average molecular weight is 375 g/mol. The van der Waals surface area contributed by atoms with E-state index in [9.17, 15) is 0 Å². The Bertz CT molecular complexity index is 619. The number of nitrogens with zero attached hydrogens (tertiary/aromatic N) is 4. The zero-order valence-corrected chi connectivity index (χ0v) is 13.0. The van der Waals surface area contributed by atoms with Crippen LogP contribution in [0.3, 0.4) is 0 Å². The third kappa shape index (κ3) is 2.03. The van der Waals surface area contributed by atoms with Crippen LogP contribution in [0.1, 0.15) is 30.1 Å². The van der Waals surface area contributed by atoms with Crippen molar-refractivity contribution < 1.29 is 0 Å². The topological polar surface area (TPSA) is 43.6 Å². The Balaban J connectivity index is 2.15. The summed E-state index contributed by atoms with van der Waals surface area (Å²) < 4.78 is 2.81. The fourth-order valence-electron chi connectivity index (χ4n) is 1.90. The highest BCUT2D eigenvalue weighted by atomic mass is 127. The lowest BCUT2D eigenvalue weighted by molar-refractivity contribution is 0.740. The molecule has 6 heteroatoms. The number of hydrogen-bond acceptors (Lipinski definition) is 3. The molecule has 0 aromatic carbocycles. The van der Waals surface area contributed by atoms with Gasteiger partial charge in [-0.25, -0.2) is 9.97 Å². The van der Waals surface area contributed by atoms with Crippen LogP contribution < -0.4 is 0 Å². The molecule has 0 atom stereocenters. The van der Waals surface area contributed by atoms with Crippen molar-refractivity contribution in [1.29, 1.82) is 0 Å². The highest BCUT2D eigenvalue weighted by molar-refractivity contribution is 14.1. The molecule has 1 fully saturated rings. The van der Waals surface area contributed by atoms with Gasteiger partial charge in [-0.3, -0.25) is 4.68 Å². The predicted octanol–water partition coefficient (Wildman–Crippen LogP) is 3.32. The molecule has 1 saturated carbocycles. The lowest BCUT2D eigenvalue weighted by Crippen LogP contribution is -2.00. The molecule has 1 aliphatic carbocycles. The summed E-state index contributed by atoms with van der Waals surface area (Å²) in [4.78, 5) is 9.06. The van der Waals surface area contributed by atoms with Gasteiger partial charge >= 0.3 is 0 Å². The Hall–Kier alpha value is -0.690. The highest BCUT2D eigenvalue weighted by Gasteiger charge is 2.29. The second-order valence-corrected chi connectivity index (χ2v) is 6.02. The fraction of sp³-hybridized carbons (Fsp3) is 0.417. The summed E-state index contributed by atoms with van der Waals surface area (Å²) in [6.07, 6.45) is 4.20. The van der Waals surface area contributed by atoms with Crippen molar-refractivity contribution in [3.8, 4) is 11.4 Å². The van der Waals surface area contributed by atoms with E-state index in [1.54, 1.807) is 6.20 Å². The highest BCUT2D eigenvalue weighted by Crippen LogP contribution is 2.42. The maximum absolute atomic E-state index is 6.21. The Morgan fingerprint density at radius 2 is 2.11 bits per heavy atom. The number of hydrogen-bond donors (Lipinski definition) is 0. The lowest BCUT2D eigenvalue weighted by Gasteiger charge is -2.07. The van der Waals surface area contributed by atoms with Crippen LogP contribution in [0.2, 0.25) is 5.15 Å². The second-order valence-electron chi connectivity index (χ2n) is 4.58. The first-order chi connectivity index (χ1) is 8.58. The van der Waals surface area contributed by atoms with Gasteiger partial charge in [-0.1, -0.05) is 11.6 Å². The molecule has 4 nitrogen and oxygen atoms in total. The zero-order valence-electron chi connectivity index (χ0n) is 10.1. The van der Waals surface area contributed by atoms with Gasteiger partial charge in [0.1, 0.15) is 5.15 Å². The van der Waals surface area contributed by atoms with Crippen molar-refractivity contribution in [2.45, 2.75) is 25.7 Å². The number of aryl methyl sites for hydroxylation is 1. The van der Waals surface area contributed by atoms with Crippen molar-refractivity contribution in [2.24, 2.45) is 7.05 Å². The number of rotatable bonds is 2. The third-order valence-corrected chi connectivity index (χ3v) is 4.93. The van der Waals surface area contributed by atoms with E-state index in [2.05, 4.69) is 37.7 Å². The van der Waals surface area contributed by atoms with E-state index in [4.69, 9.17) is 11.6 Å². The van der Waals surface area contributed by atoms with Crippen molar-refractivity contribution in [3.63, 3.8) is 0 Å². The molecule has 94 valence electrons. The van der Waals surface area contributed by atoms with E-state index in [1.807, 2.05) is 18.7 Å². The standard InChI is InChI=1S/C12H12ClIN4/c1-6-8(5-15-18(6)2)12-16-10(7-3-4-7)9(14)11(13)17-12/h5,7H,3-4H2,1-2H3. The third-order valence-electron chi connectivity index (χ3n) is 3.28. The van der Waals surface area contributed by atoms with Gasteiger partial charge in [0.25, 0.3) is 0 Å². The van der Waals surface area contributed by atoms with Crippen LogP contribution in [0, 0.1) is 10.5 Å². The van der Waals surface area contributed by atoms with Crippen LogP contribution in [-0.2, 0) is 7.05 Å². The maximum atomic E-state index is 6.21. The van der Waals surface area contributed by atoms with Gasteiger partial charge in [-0.15, -0.1) is 0 Å². The molecule has 0 unspecified atom stereocenters. The van der Waals surface area contributed by atoms with Crippen LogP contribution in [-0.4, -0.2) is 19.7 Å². The fourth-order valence-corrected chi connectivity index (χ4v) is 2.76. The Morgan fingerprint density at radius 3 is 2.67 bits per heavy atom. The first-order valence-electron chi connectivity index (χ1n) is 5.80. The van der Waals surface area contributed by atoms with Gasteiger partial charge in [0.05, 0.1) is 21.0 Å². The van der Waals surface area contributed by atoms with Gasteiger partial charge in [-0.05, 0) is 42.4 Å². The average Bonchev–Trinajstić information content (AvgIpc) is 3.12. The zero-order chi connectivity index (χ0) is 12.9. The summed E-state index contributed by atoms with van der Waals surface area (Å²) in [7, 11) is 1.91. The lowest BCUT2D eigenvalue weighted by atomic mass is 10.2. The molecule has 1 aliphatic rings. The van der Waals surface area contributed by atoms with Gasteiger partial charge in [0.2, 0.25) is 0 Å². The van der Waals surface area contributed by atoms with Crippen LogP contribution in [0.25, 0.3) is 11.4 Å². The summed E-state index contributed by atoms with van der Waals surface area (Å²) in [5.41, 5.74) is 3.10. The van der Waals surface area contributed by atoms with Gasteiger partial charge in [0.15, 0.2) is 5.82 Å². The molecule has 0 aliphatic heterocycles. The summed E-state index contributed by atoms with van der Waals surface area (Å²) in [6.45, 7) is 2.01. The van der Waals surface area contributed by atoms with E-state index in [0.717, 1.165) is 20.5 Å².